The third kappa shape index (κ3) is 3.83. The average Bonchev–Trinajstić information content (AvgIpc) is 3.07. The number of anilines is 1. The summed E-state index contributed by atoms with van der Waals surface area (Å²) in [6, 6.07) is 6.51. The summed E-state index contributed by atoms with van der Waals surface area (Å²) in [7, 11) is 0. The number of nitrogens with zero attached hydrogens (tertiary/aromatic N) is 2. The summed E-state index contributed by atoms with van der Waals surface area (Å²) >= 11 is 0. The van der Waals surface area contributed by atoms with Gasteiger partial charge in [0.25, 0.3) is 5.91 Å². The van der Waals surface area contributed by atoms with Crippen molar-refractivity contribution in [1.29, 1.82) is 0 Å². The van der Waals surface area contributed by atoms with E-state index in [2.05, 4.69) is 20.3 Å². The normalized spacial score (nSPS) is 11.5. The number of hydrogen-bond acceptors (Lipinski definition) is 4. The van der Waals surface area contributed by atoms with Crippen LogP contribution in [0.4, 0.5) is 19.0 Å². The zero-order chi connectivity index (χ0) is 20.5. The molecule has 28 heavy (non-hydrogen) atoms. The number of nitrogens with one attached hydrogen (secondary N) is 2. The van der Waals surface area contributed by atoms with E-state index in [4.69, 9.17) is 5.73 Å². The van der Waals surface area contributed by atoms with Gasteiger partial charge in [-0.05, 0) is 37.6 Å². The molecule has 0 radical (unpaired) electrons. The highest BCUT2D eigenvalue weighted by molar-refractivity contribution is 6.01. The van der Waals surface area contributed by atoms with E-state index in [0.29, 0.717) is 29.3 Å². The first-order chi connectivity index (χ1) is 13.2. The summed E-state index contributed by atoms with van der Waals surface area (Å²) < 4.78 is 39.4. The molecule has 0 saturated heterocycles. The summed E-state index contributed by atoms with van der Waals surface area (Å²) in [5.74, 6) is -0.171. The molecule has 2 aromatic heterocycles. The number of halogens is 3. The second kappa shape index (κ2) is 7.34. The van der Waals surface area contributed by atoms with E-state index in [1.165, 1.54) is 18.5 Å². The Hall–Kier alpha value is -3.36. The molecule has 3 aromatic rings. The maximum atomic E-state index is 13.1. The smallest absolute Gasteiger partial charge is 0.370 e. The standard InChI is InChI=1S/C19H18F3N5O/c1-3-24-16-8-14(25-9-26-16)15-7-13(18(23)28)17(27-15)12-6-11(19(20,21)22)5-4-10(12)2/h4-9,27H,3H2,1-2H3,(H2,23,28)(H,24,25,26). The van der Waals surface area contributed by atoms with E-state index in [-0.39, 0.29) is 16.8 Å². The van der Waals surface area contributed by atoms with Crippen LogP contribution in [0.2, 0.25) is 0 Å². The Morgan fingerprint density at radius 3 is 2.61 bits per heavy atom. The van der Waals surface area contributed by atoms with Gasteiger partial charge < -0.3 is 16.0 Å². The molecule has 1 amide bonds. The number of carbonyl (C=O) groups excluding carboxylic acids is 1. The number of carbonyl (C=O) groups is 1. The number of aromatic nitrogens is 3. The van der Waals surface area contributed by atoms with Crippen LogP contribution in [0, 0.1) is 6.92 Å². The van der Waals surface area contributed by atoms with Gasteiger partial charge in [0.15, 0.2) is 0 Å². The molecular weight excluding hydrogens is 371 g/mol. The van der Waals surface area contributed by atoms with Crippen molar-refractivity contribution in [2.24, 2.45) is 5.73 Å². The zero-order valence-electron chi connectivity index (χ0n) is 15.2. The number of hydrogen-bond donors (Lipinski definition) is 3. The highest BCUT2D eigenvalue weighted by atomic mass is 19.4. The minimum Gasteiger partial charge on any atom is -0.370 e. The van der Waals surface area contributed by atoms with E-state index < -0.39 is 17.6 Å². The van der Waals surface area contributed by atoms with Crippen molar-refractivity contribution in [3.63, 3.8) is 0 Å². The van der Waals surface area contributed by atoms with Crippen molar-refractivity contribution in [1.82, 2.24) is 15.0 Å². The molecule has 3 rings (SSSR count). The SMILES string of the molecule is CCNc1cc(-c2cc(C(N)=O)c(-c3cc(C(F)(F)F)ccc3C)[nH]2)ncn1. The fraction of sp³-hybridized carbons (Fsp3) is 0.211. The molecule has 146 valence electrons. The molecule has 1 aromatic carbocycles. The van der Waals surface area contributed by atoms with Gasteiger partial charge in [-0.15, -0.1) is 0 Å². The maximum absolute atomic E-state index is 13.1. The van der Waals surface area contributed by atoms with Gasteiger partial charge in [-0.1, -0.05) is 6.07 Å². The van der Waals surface area contributed by atoms with Gasteiger partial charge in [-0.2, -0.15) is 13.2 Å². The molecule has 0 bridgehead atoms. The Labute approximate surface area is 159 Å². The van der Waals surface area contributed by atoms with Crippen molar-refractivity contribution in [3.8, 4) is 22.6 Å². The number of H-pyrrole nitrogens is 1. The van der Waals surface area contributed by atoms with Gasteiger partial charge in [0.2, 0.25) is 0 Å². The first-order valence-electron chi connectivity index (χ1n) is 8.48. The number of alkyl halides is 3. The lowest BCUT2D eigenvalue weighted by Gasteiger charge is -2.11. The summed E-state index contributed by atoms with van der Waals surface area (Å²) in [4.78, 5) is 23.2. The van der Waals surface area contributed by atoms with Crippen LogP contribution >= 0.6 is 0 Å². The van der Waals surface area contributed by atoms with Crippen LogP contribution in [0.25, 0.3) is 22.6 Å². The largest absolute Gasteiger partial charge is 0.416 e. The number of primary amides is 1. The molecule has 0 saturated carbocycles. The zero-order valence-corrected chi connectivity index (χ0v) is 15.2. The van der Waals surface area contributed by atoms with Crippen molar-refractivity contribution in [2.45, 2.75) is 20.0 Å². The highest BCUT2D eigenvalue weighted by Gasteiger charge is 2.31. The van der Waals surface area contributed by atoms with Gasteiger partial charge in [-0.3, -0.25) is 4.79 Å². The second-order valence-electron chi connectivity index (χ2n) is 6.18. The Kier molecular flexibility index (Phi) is 5.08. The summed E-state index contributed by atoms with van der Waals surface area (Å²) in [6.45, 7) is 4.23. The number of benzene rings is 1. The van der Waals surface area contributed by atoms with Gasteiger partial charge >= 0.3 is 6.18 Å². The molecule has 0 aliphatic heterocycles. The molecule has 4 N–H and O–H groups in total. The van der Waals surface area contributed by atoms with Gasteiger partial charge in [0.1, 0.15) is 12.1 Å². The number of aryl methyl sites for hydroxylation is 1. The molecule has 0 fully saturated rings. The average molecular weight is 389 g/mol. The molecule has 6 nitrogen and oxygen atoms in total. The fourth-order valence-electron chi connectivity index (χ4n) is 2.85. The number of nitrogens with two attached hydrogens (primary N) is 1. The van der Waals surface area contributed by atoms with E-state index in [9.17, 15) is 18.0 Å². The van der Waals surface area contributed by atoms with Crippen LogP contribution in [0.1, 0.15) is 28.4 Å². The molecule has 0 atom stereocenters. The van der Waals surface area contributed by atoms with E-state index in [0.717, 1.165) is 12.1 Å². The predicted octanol–water partition coefficient (Wildman–Crippen LogP) is 4.00. The topological polar surface area (TPSA) is 96.7 Å². The highest BCUT2D eigenvalue weighted by Crippen LogP contribution is 2.36. The summed E-state index contributed by atoms with van der Waals surface area (Å²) in [5.41, 5.74) is 6.70. The molecule has 2 heterocycles. The maximum Gasteiger partial charge on any atom is 0.416 e. The number of amides is 1. The van der Waals surface area contributed by atoms with Crippen LogP contribution in [-0.4, -0.2) is 27.4 Å². The predicted molar refractivity (Wildman–Crippen MR) is 99.7 cm³/mol. The molecule has 9 heteroatoms. The van der Waals surface area contributed by atoms with Crippen LogP contribution < -0.4 is 11.1 Å². The minimum atomic E-state index is -4.50. The molecule has 0 unspecified atom stereocenters. The van der Waals surface area contributed by atoms with Crippen LogP contribution in [0.5, 0.6) is 0 Å². The molecule has 0 spiro atoms. The lowest BCUT2D eigenvalue weighted by molar-refractivity contribution is -0.137. The van der Waals surface area contributed by atoms with E-state index >= 15 is 0 Å². The molecular formula is C19H18F3N5O. The Balaban J connectivity index is 2.15. The monoisotopic (exact) mass is 389 g/mol. The lowest BCUT2D eigenvalue weighted by Crippen LogP contribution is -2.11. The van der Waals surface area contributed by atoms with Gasteiger partial charge in [0, 0.05) is 18.2 Å². The quantitative estimate of drug-likeness (QED) is 0.615. The van der Waals surface area contributed by atoms with Crippen molar-refractivity contribution in [3.05, 3.63) is 53.3 Å². The van der Waals surface area contributed by atoms with Gasteiger partial charge in [-0.25, -0.2) is 9.97 Å². The van der Waals surface area contributed by atoms with Crippen LogP contribution in [0.15, 0.2) is 36.7 Å². The molecule has 0 aliphatic rings. The Morgan fingerprint density at radius 1 is 1.21 bits per heavy atom. The third-order valence-electron chi connectivity index (χ3n) is 4.22. The fourth-order valence-corrected chi connectivity index (χ4v) is 2.85. The first kappa shape index (κ1) is 19.4. The summed E-state index contributed by atoms with van der Waals surface area (Å²) in [5, 5.41) is 3.05. The minimum absolute atomic E-state index is 0.0843. The first-order valence-corrected chi connectivity index (χ1v) is 8.48. The van der Waals surface area contributed by atoms with Crippen molar-refractivity contribution >= 4 is 11.7 Å². The van der Waals surface area contributed by atoms with Gasteiger partial charge in [0.05, 0.1) is 28.2 Å². The number of rotatable bonds is 5. The molecule has 0 aliphatic carbocycles. The van der Waals surface area contributed by atoms with E-state index in [1.807, 2.05) is 6.92 Å². The van der Waals surface area contributed by atoms with Crippen molar-refractivity contribution in [2.75, 3.05) is 11.9 Å². The second-order valence-corrected chi connectivity index (χ2v) is 6.18. The van der Waals surface area contributed by atoms with Crippen LogP contribution in [0.3, 0.4) is 0 Å². The Morgan fingerprint density at radius 2 is 1.96 bits per heavy atom. The van der Waals surface area contributed by atoms with E-state index in [1.54, 1.807) is 13.0 Å². The third-order valence-corrected chi connectivity index (χ3v) is 4.22. The van der Waals surface area contributed by atoms with Crippen LogP contribution in [-0.2, 0) is 6.18 Å². The number of aromatic amines is 1. The van der Waals surface area contributed by atoms with Crippen molar-refractivity contribution < 1.29 is 18.0 Å². The summed E-state index contributed by atoms with van der Waals surface area (Å²) in [6.07, 6.45) is -3.15. The Bertz CT molecular complexity index is 1030. The lowest BCUT2D eigenvalue weighted by atomic mass is 9.99.